The third-order valence-electron chi connectivity index (χ3n) is 3.06. The number of hydrogen-bond acceptors (Lipinski definition) is 5. The number of thiazole rings is 1. The van der Waals surface area contributed by atoms with Crippen molar-refractivity contribution in [2.45, 2.75) is 19.1 Å². The third-order valence-corrected chi connectivity index (χ3v) is 4.07. The van der Waals surface area contributed by atoms with Crippen molar-refractivity contribution in [3.8, 4) is 10.7 Å². The van der Waals surface area contributed by atoms with Crippen molar-refractivity contribution in [2.75, 3.05) is 13.1 Å². The number of pyridine rings is 1. The lowest BCUT2D eigenvalue weighted by molar-refractivity contribution is 0.175. The van der Waals surface area contributed by atoms with Gasteiger partial charge in [0.1, 0.15) is 5.01 Å². The Bertz CT molecular complexity index is 514. The van der Waals surface area contributed by atoms with E-state index < -0.39 is 0 Å². The lowest BCUT2D eigenvalue weighted by Crippen LogP contribution is -2.20. The lowest BCUT2D eigenvalue weighted by atomic mass is 10.3. The van der Waals surface area contributed by atoms with E-state index in [1.165, 1.54) is 4.88 Å². The summed E-state index contributed by atoms with van der Waals surface area (Å²) in [6.07, 6.45) is 4.42. The third kappa shape index (κ3) is 2.58. The van der Waals surface area contributed by atoms with E-state index in [2.05, 4.69) is 14.9 Å². The van der Waals surface area contributed by atoms with E-state index in [0.29, 0.717) is 0 Å². The molecule has 1 aliphatic rings. The normalized spacial score (nSPS) is 20.4. The van der Waals surface area contributed by atoms with Crippen LogP contribution in [0.4, 0.5) is 0 Å². The topological polar surface area (TPSA) is 49.2 Å². The molecule has 4 nitrogen and oxygen atoms in total. The molecular weight excluding hydrogens is 246 g/mol. The van der Waals surface area contributed by atoms with Gasteiger partial charge in [-0.2, -0.15) is 0 Å². The Morgan fingerprint density at radius 2 is 2.33 bits per heavy atom. The first-order valence-corrected chi connectivity index (χ1v) is 6.89. The van der Waals surface area contributed by atoms with Gasteiger partial charge in [0.05, 0.1) is 11.8 Å². The van der Waals surface area contributed by atoms with Crippen LogP contribution in [-0.4, -0.2) is 39.2 Å². The second kappa shape index (κ2) is 5.14. The van der Waals surface area contributed by atoms with Crippen molar-refractivity contribution in [3.05, 3.63) is 35.5 Å². The molecule has 0 amide bonds. The molecule has 1 atom stereocenters. The highest BCUT2D eigenvalue weighted by atomic mass is 32.1. The fourth-order valence-electron chi connectivity index (χ4n) is 2.16. The first-order valence-electron chi connectivity index (χ1n) is 6.08. The number of rotatable bonds is 3. The summed E-state index contributed by atoms with van der Waals surface area (Å²) in [5.74, 6) is 0. The van der Waals surface area contributed by atoms with E-state index in [-0.39, 0.29) is 6.10 Å². The molecule has 1 saturated heterocycles. The molecule has 94 valence electrons. The van der Waals surface area contributed by atoms with Crippen LogP contribution in [0.5, 0.6) is 0 Å². The Hall–Kier alpha value is -1.30. The highest BCUT2D eigenvalue weighted by molar-refractivity contribution is 7.14. The molecule has 1 N–H and O–H groups in total. The summed E-state index contributed by atoms with van der Waals surface area (Å²) >= 11 is 1.68. The van der Waals surface area contributed by atoms with Crippen molar-refractivity contribution in [2.24, 2.45) is 0 Å². The molecule has 0 saturated carbocycles. The minimum absolute atomic E-state index is 0.159. The Balaban J connectivity index is 1.70. The molecular formula is C13H15N3OS. The lowest BCUT2D eigenvalue weighted by Gasteiger charge is -2.12. The summed E-state index contributed by atoms with van der Waals surface area (Å²) in [5, 5.41) is 10.5. The number of likely N-dealkylation sites (tertiary alicyclic amines) is 1. The van der Waals surface area contributed by atoms with Gasteiger partial charge in [0, 0.05) is 36.9 Å². The standard InChI is InChI=1S/C13H15N3OS/c17-10-4-6-16(8-10)9-11-7-15-13(18-11)12-3-1-2-5-14-12/h1-3,5,7,10,17H,4,6,8-9H2/t10-/m1/s1. The first kappa shape index (κ1) is 11.8. The van der Waals surface area contributed by atoms with Crippen LogP contribution in [0, 0.1) is 0 Å². The second-order valence-electron chi connectivity index (χ2n) is 4.52. The number of hydrogen-bond donors (Lipinski definition) is 1. The van der Waals surface area contributed by atoms with Gasteiger partial charge in [0.2, 0.25) is 0 Å². The largest absolute Gasteiger partial charge is 0.392 e. The van der Waals surface area contributed by atoms with Gasteiger partial charge in [0.25, 0.3) is 0 Å². The number of aliphatic hydroxyl groups excluding tert-OH is 1. The molecule has 3 heterocycles. The van der Waals surface area contributed by atoms with E-state index in [1.807, 2.05) is 24.4 Å². The Labute approximate surface area is 110 Å². The summed E-state index contributed by atoms with van der Waals surface area (Å²) < 4.78 is 0. The van der Waals surface area contributed by atoms with Gasteiger partial charge in [-0.25, -0.2) is 4.98 Å². The fraction of sp³-hybridized carbons (Fsp3) is 0.385. The van der Waals surface area contributed by atoms with E-state index in [4.69, 9.17) is 0 Å². The maximum atomic E-state index is 9.50. The zero-order valence-electron chi connectivity index (χ0n) is 9.99. The highest BCUT2D eigenvalue weighted by Gasteiger charge is 2.20. The van der Waals surface area contributed by atoms with Crippen LogP contribution in [0.3, 0.4) is 0 Å². The molecule has 1 aliphatic heterocycles. The number of nitrogens with zero attached hydrogens (tertiary/aromatic N) is 3. The molecule has 2 aromatic rings. The number of aliphatic hydroxyl groups is 1. The molecule has 18 heavy (non-hydrogen) atoms. The quantitative estimate of drug-likeness (QED) is 0.915. The van der Waals surface area contributed by atoms with Gasteiger partial charge in [-0.05, 0) is 18.6 Å². The summed E-state index contributed by atoms with van der Waals surface area (Å²) in [7, 11) is 0. The second-order valence-corrected chi connectivity index (χ2v) is 5.64. The Morgan fingerprint density at radius 3 is 3.06 bits per heavy atom. The average molecular weight is 261 g/mol. The van der Waals surface area contributed by atoms with Gasteiger partial charge in [0.15, 0.2) is 0 Å². The van der Waals surface area contributed by atoms with E-state index in [9.17, 15) is 5.11 Å². The van der Waals surface area contributed by atoms with Crippen molar-refractivity contribution >= 4 is 11.3 Å². The maximum absolute atomic E-state index is 9.50. The molecule has 0 unspecified atom stereocenters. The van der Waals surface area contributed by atoms with E-state index in [1.54, 1.807) is 17.5 Å². The minimum Gasteiger partial charge on any atom is -0.392 e. The zero-order valence-corrected chi connectivity index (χ0v) is 10.8. The van der Waals surface area contributed by atoms with Gasteiger partial charge < -0.3 is 5.11 Å². The van der Waals surface area contributed by atoms with Crippen LogP contribution in [0.2, 0.25) is 0 Å². The average Bonchev–Trinajstić information content (AvgIpc) is 3.01. The smallest absolute Gasteiger partial charge is 0.142 e. The van der Waals surface area contributed by atoms with Crippen LogP contribution in [-0.2, 0) is 6.54 Å². The predicted molar refractivity (Wildman–Crippen MR) is 71.2 cm³/mol. The Morgan fingerprint density at radius 1 is 1.39 bits per heavy atom. The number of β-amino-alcohol motifs (C(OH)–C–C–N with tert-alkyl or cyclic N) is 1. The predicted octanol–water partition coefficient (Wildman–Crippen LogP) is 1.77. The molecule has 0 spiro atoms. The van der Waals surface area contributed by atoms with Gasteiger partial charge in [-0.3, -0.25) is 9.88 Å². The van der Waals surface area contributed by atoms with Crippen LogP contribution >= 0.6 is 11.3 Å². The van der Waals surface area contributed by atoms with Crippen molar-refractivity contribution < 1.29 is 5.11 Å². The molecule has 0 aromatic carbocycles. The molecule has 2 aromatic heterocycles. The monoisotopic (exact) mass is 261 g/mol. The van der Waals surface area contributed by atoms with E-state index in [0.717, 1.165) is 36.8 Å². The first-order chi connectivity index (χ1) is 8.81. The van der Waals surface area contributed by atoms with Crippen LogP contribution in [0.1, 0.15) is 11.3 Å². The molecule has 0 bridgehead atoms. The molecule has 0 aliphatic carbocycles. The Kier molecular flexibility index (Phi) is 3.36. The van der Waals surface area contributed by atoms with Gasteiger partial charge >= 0.3 is 0 Å². The van der Waals surface area contributed by atoms with Crippen molar-refractivity contribution in [1.29, 1.82) is 0 Å². The maximum Gasteiger partial charge on any atom is 0.142 e. The number of aromatic nitrogens is 2. The minimum atomic E-state index is -0.159. The van der Waals surface area contributed by atoms with Crippen LogP contribution < -0.4 is 0 Å². The van der Waals surface area contributed by atoms with Crippen molar-refractivity contribution in [3.63, 3.8) is 0 Å². The summed E-state index contributed by atoms with van der Waals surface area (Å²) in [5.41, 5.74) is 0.926. The van der Waals surface area contributed by atoms with Gasteiger partial charge in [-0.1, -0.05) is 6.07 Å². The van der Waals surface area contributed by atoms with Crippen LogP contribution in [0.15, 0.2) is 30.6 Å². The van der Waals surface area contributed by atoms with Crippen LogP contribution in [0.25, 0.3) is 10.7 Å². The summed E-state index contributed by atoms with van der Waals surface area (Å²) in [4.78, 5) is 12.2. The zero-order chi connectivity index (χ0) is 12.4. The molecule has 3 rings (SSSR count). The van der Waals surface area contributed by atoms with Crippen molar-refractivity contribution in [1.82, 2.24) is 14.9 Å². The summed E-state index contributed by atoms with van der Waals surface area (Å²) in [6.45, 7) is 2.62. The highest BCUT2D eigenvalue weighted by Crippen LogP contribution is 2.25. The molecule has 5 heteroatoms. The molecule has 0 radical (unpaired) electrons. The van der Waals surface area contributed by atoms with E-state index >= 15 is 0 Å². The summed E-state index contributed by atoms with van der Waals surface area (Å²) in [6, 6.07) is 5.85. The fourth-order valence-corrected chi connectivity index (χ4v) is 3.10. The van der Waals surface area contributed by atoms with Gasteiger partial charge in [-0.15, -0.1) is 11.3 Å². The SMILES string of the molecule is O[C@@H]1CCN(Cc2cnc(-c3ccccn3)s2)C1. The molecule has 1 fully saturated rings.